The number of carbonyl (C=O) groups excluding carboxylic acids is 2. The predicted octanol–water partition coefficient (Wildman–Crippen LogP) is 3.16. The Labute approximate surface area is 142 Å². The van der Waals surface area contributed by atoms with Gasteiger partial charge in [-0.2, -0.15) is 5.26 Å². The molecule has 2 aromatic carbocycles. The van der Waals surface area contributed by atoms with Gasteiger partial charge in [0.1, 0.15) is 6.54 Å². The average Bonchev–Trinajstić information content (AvgIpc) is 2.58. The van der Waals surface area contributed by atoms with E-state index >= 15 is 0 Å². The molecular formula is C17H13BrN2O3. The van der Waals surface area contributed by atoms with E-state index < -0.39 is 18.5 Å². The lowest BCUT2D eigenvalue weighted by Gasteiger charge is -2.19. The largest absolute Gasteiger partial charge is 0.452 e. The molecule has 2 rings (SSSR count). The molecule has 0 aliphatic heterocycles. The Hall–Kier alpha value is -2.65. The van der Waals surface area contributed by atoms with Gasteiger partial charge in [0.05, 0.1) is 11.6 Å². The Morgan fingerprint density at radius 2 is 1.87 bits per heavy atom. The van der Waals surface area contributed by atoms with E-state index in [0.29, 0.717) is 11.3 Å². The van der Waals surface area contributed by atoms with Crippen LogP contribution in [0.1, 0.15) is 10.4 Å². The summed E-state index contributed by atoms with van der Waals surface area (Å²) in [7, 11) is 0. The van der Waals surface area contributed by atoms with Gasteiger partial charge in [0.2, 0.25) is 0 Å². The van der Waals surface area contributed by atoms with Crippen LogP contribution in [0.4, 0.5) is 5.69 Å². The molecule has 6 heteroatoms. The van der Waals surface area contributed by atoms with E-state index in [-0.39, 0.29) is 6.54 Å². The number of hydrogen-bond donors (Lipinski definition) is 0. The number of ether oxygens (including phenoxy) is 1. The maximum absolute atomic E-state index is 12.2. The SMILES string of the molecule is N#CCN(C(=O)COC(=O)c1cccc(Br)c1)c1ccccc1. The number of carbonyl (C=O) groups is 2. The van der Waals surface area contributed by atoms with Crippen LogP contribution in [0, 0.1) is 11.3 Å². The van der Waals surface area contributed by atoms with Gasteiger partial charge in [-0.25, -0.2) is 4.79 Å². The van der Waals surface area contributed by atoms with Crippen molar-refractivity contribution in [2.75, 3.05) is 18.1 Å². The summed E-state index contributed by atoms with van der Waals surface area (Å²) >= 11 is 3.27. The van der Waals surface area contributed by atoms with E-state index in [9.17, 15) is 9.59 Å². The van der Waals surface area contributed by atoms with Gasteiger partial charge < -0.3 is 4.74 Å². The van der Waals surface area contributed by atoms with Crippen molar-refractivity contribution in [3.63, 3.8) is 0 Å². The summed E-state index contributed by atoms with van der Waals surface area (Å²) in [6.45, 7) is -0.542. The number of nitrogens with zero attached hydrogens (tertiary/aromatic N) is 2. The normalized spacial score (nSPS) is 9.74. The van der Waals surface area contributed by atoms with Crippen LogP contribution in [0.5, 0.6) is 0 Å². The van der Waals surface area contributed by atoms with E-state index in [1.807, 2.05) is 12.1 Å². The fourth-order valence-electron chi connectivity index (χ4n) is 1.91. The highest BCUT2D eigenvalue weighted by molar-refractivity contribution is 9.10. The quantitative estimate of drug-likeness (QED) is 0.596. The van der Waals surface area contributed by atoms with Crippen molar-refractivity contribution >= 4 is 33.5 Å². The topological polar surface area (TPSA) is 70.4 Å². The summed E-state index contributed by atoms with van der Waals surface area (Å²) in [6.07, 6.45) is 0. The first-order valence-electron chi connectivity index (χ1n) is 6.77. The average molecular weight is 373 g/mol. The molecule has 0 aromatic heterocycles. The van der Waals surface area contributed by atoms with Gasteiger partial charge in [0.15, 0.2) is 6.61 Å². The monoisotopic (exact) mass is 372 g/mol. The number of amides is 1. The summed E-state index contributed by atoms with van der Waals surface area (Å²) in [4.78, 5) is 25.4. The molecule has 0 spiro atoms. The number of anilines is 1. The molecule has 0 unspecified atom stereocenters. The van der Waals surface area contributed by atoms with Gasteiger partial charge in [-0.15, -0.1) is 0 Å². The van der Waals surface area contributed by atoms with Crippen LogP contribution in [-0.2, 0) is 9.53 Å². The van der Waals surface area contributed by atoms with Crippen molar-refractivity contribution in [2.45, 2.75) is 0 Å². The second kappa shape index (κ2) is 8.11. The van der Waals surface area contributed by atoms with E-state index in [1.165, 1.54) is 4.90 Å². The molecule has 0 N–H and O–H groups in total. The maximum Gasteiger partial charge on any atom is 0.338 e. The third-order valence-corrected chi connectivity index (χ3v) is 3.48. The Morgan fingerprint density at radius 1 is 1.13 bits per heavy atom. The molecule has 2 aromatic rings. The first kappa shape index (κ1) is 16.7. The first-order valence-corrected chi connectivity index (χ1v) is 7.56. The van der Waals surface area contributed by atoms with Crippen LogP contribution in [0.25, 0.3) is 0 Å². The molecule has 1 amide bonds. The molecule has 5 nitrogen and oxygen atoms in total. The molecule has 0 bridgehead atoms. The van der Waals surface area contributed by atoms with Crippen LogP contribution in [-0.4, -0.2) is 25.0 Å². The van der Waals surface area contributed by atoms with Crippen molar-refractivity contribution in [3.8, 4) is 6.07 Å². The minimum atomic E-state index is -0.593. The number of rotatable bonds is 5. The van der Waals surface area contributed by atoms with Crippen molar-refractivity contribution in [2.24, 2.45) is 0 Å². The molecule has 116 valence electrons. The maximum atomic E-state index is 12.2. The molecule has 0 fully saturated rings. The second-order valence-electron chi connectivity index (χ2n) is 4.56. The van der Waals surface area contributed by atoms with Crippen LogP contribution in [0.2, 0.25) is 0 Å². The van der Waals surface area contributed by atoms with Crippen LogP contribution < -0.4 is 4.90 Å². The molecule has 0 atom stereocenters. The van der Waals surface area contributed by atoms with Gasteiger partial charge in [0.25, 0.3) is 5.91 Å². The summed E-state index contributed by atoms with van der Waals surface area (Å²) in [5.74, 6) is -1.05. The zero-order valence-corrected chi connectivity index (χ0v) is 13.7. The fourth-order valence-corrected chi connectivity index (χ4v) is 2.31. The first-order chi connectivity index (χ1) is 11.1. The summed E-state index contributed by atoms with van der Waals surface area (Å²) in [5, 5.41) is 8.88. The van der Waals surface area contributed by atoms with Crippen molar-refractivity contribution < 1.29 is 14.3 Å². The minimum absolute atomic E-state index is 0.114. The summed E-state index contributed by atoms with van der Waals surface area (Å²) in [5.41, 5.74) is 0.927. The van der Waals surface area contributed by atoms with E-state index in [4.69, 9.17) is 10.00 Å². The van der Waals surface area contributed by atoms with Gasteiger partial charge in [-0.3, -0.25) is 9.69 Å². The standard InChI is InChI=1S/C17H13BrN2O3/c18-14-6-4-5-13(11-14)17(22)23-12-16(21)20(10-9-19)15-7-2-1-3-8-15/h1-8,11H,10,12H2. The molecule has 23 heavy (non-hydrogen) atoms. The number of nitriles is 1. The molecule has 0 aliphatic carbocycles. The van der Waals surface area contributed by atoms with Crippen molar-refractivity contribution in [1.29, 1.82) is 5.26 Å². The predicted molar refractivity (Wildman–Crippen MR) is 88.8 cm³/mol. The lowest BCUT2D eigenvalue weighted by atomic mass is 10.2. The van der Waals surface area contributed by atoms with Gasteiger partial charge in [0, 0.05) is 10.2 Å². The van der Waals surface area contributed by atoms with Crippen molar-refractivity contribution in [3.05, 3.63) is 64.6 Å². The highest BCUT2D eigenvalue weighted by Gasteiger charge is 2.18. The third-order valence-electron chi connectivity index (χ3n) is 2.98. The number of benzene rings is 2. The number of para-hydroxylation sites is 1. The Balaban J connectivity index is 2.02. The molecule has 0 saturated heterocycles. The van der Waals surface area contributed by atoms with Gasteiger partial charge in [-0.05, 0) is 30.3 Å². The van der Waals surface area contributed by atoms with Gasteiger partial charge >= 0.3 is 5.97 Å². The number of esters is 1. The molecule has 0 heterocycles. The molecule has 0 saturated carbocycles. The minimum Gasteiger partial charge on any atom is -0.452 e. The van der Waals surface area contributed by atoms with Crippen LogP contribution in [0.15, 0.2) is 59.1 Å². The lowest BCUT2D eigenvalue weighted by molar-refractivity contribution is -0.121. The zero-order chi connectivity index (χ0) is 16.7. The summed E-state index contributed by atoms with van der Waals surface area (Å²) in [6, 6.07) is 17.4. The highest BCUT2D eigenvalue weighted by Crippen LogP contribution is 2.14. The lowest BCUT2D eigenvalue weighted by Crippen LogP contribution is -2.35. The Kier molecular flexibility index (Phi) is 5.89. The van der Waals surface area contributed by atoms with Crippen molar-refractivity contribution in [1.82, 2.24) is 0 Å². The third kappa shape index (κ3) is 4.66. The number of halogens is 1. The van der Waals surface area contributed by atoms with Gasteiger partial charge in [-0.1, -0.05) is 40.2 Å². The smallest absolute Gasteiger partial charge is 0.338 e. The van der Waals surface area contributed by atoms with E-state index in [1.54, 1.807) is 48.5 Å². The van der Waals surface area contributed by atoms with E-state index in [0.717, 1.165) is 4.47 Å². The zero-order valence-electron chi connectivity index (χ0n) is 12.1. The van der Waals surface area contributed by atoms with E-state index in [2.05, 4.69) is 15.9 Å². The van der Waals surface area contributed by atoms with Crippen LogP contribution >= 0.6 is 15.9 Å². The summed E-state index contributed by atoms with van der Waals surface area (Å²) < 4.78 is 5.78. The fraction of sp³-hybridized carbons (Fsp3) is 0.118. The second-order valence-corrected chi connectivity index (χ2v) is 5.48. The van der Waals surface area contributed by atoms with Crippen LogP contribution in [0.3, 0.4) is 0 Å². The number of hydrogen-bond acceptors (Lipinski definition) is 4. The molecule has 0 radical (unpaired) electrons. The highest BCUT2D eigenvalue weighted by atomic mass is 79.9. The molecular weight excluding hydrogens is 360 g/mol. The Morgan fingerprint density at radius 3 is 2.52 bits per heavy atom. The molecule has 0 aliphatic rings. The Bertz CT molecular complexity index is 741.